The molecule has 1 aliphatic rings. The van der Waals surface area contributed by atoms with Crippen LogP contribution in [0.1, 0.15) is 13.8 Å². The number of rotatable bonds is 5. The van der Waals surface area contributed by atoms with E-state index in [1.165, 1.54) is 0 Å². The number of para-hydroxylation sites is 1. The molecule has 1 heterocycles. The van der Waals surface area contributed by atoms with Gasteiger partial charge in [0.15, 0.2) is 0 Å². The van der Waals surface area contributed by atoms with E-state index in [9.17, 15) is 10.1 Å². The zero-order valence-corrected chi connectivity index (χ0v) is 13.0. The maximum atomic E-state index is 11.4. The fourth-order valence-electron chi connectivity index (χ4n) is 2.87. The lowest BCUT2D eigenvalue weighted by Crippen LogP contribution is -2.47. The number of benzene rings is 1. The van der Waals surface area contributed by atoms with Crippen LogP contribution in [-0.2, 0) is 0 Å². The fourth-order valence-corrected chi connectivity index (χ4v) is 2.87. The average molecular weight is 292 g/mol. The Hall–Kier alpha value is -1.82. The van der Waals surface area contributed by atoms with E-state index in [-0.39, 0.29) is 10.6 Å². The molecule has 0 spiro atoms. The van der Waals surface area contributed by atoms with Gasteiger partial charge in [0.1, 0.15) is 11.4 Å². The molecule has 1 N–H and O–H groups in total. The molecule has 6 heteroatoms. The molecule has 0 saturated carbocycles. The van der Waals surface area contributed by atoms with Gasteiger partial charge in [0, 0.05) is 39.8 Å². The van der Waals surface area contributed by atoms with E-state index in [0.29, 0.717) is 11.6 Å². The molecule has 1 fully saturated rings. The Morgan fingerprint density at radius 3 is 2.48 bits per heavy atom. The van der Waals surface area contributed by atoms with Gasteiger partial charge in [0.05, 0.1) is 4.92 Å². The van der Waals surface area contributed by atoms with Crippen molar-refractivity contribution >= 4 is 17.1 Å². The van der Waals surface area contributed by atoms with Crippen molar-refractivity contribution in [3.63, 3.8) is 0 Å². The number of nitro benzene ring substituents is 1. The normalized spacial score (nSPS) is 16.3. The minimum absolute atomic E-state index is 0.178. The lowest BCUT2D eigenvalue weighted by Gasteiger charge is -2.36. The van der Waals surface area contributed by atoms with Gasteiger partial charge in [-0.25, -0.2) is 0 Å². The third-order valence-corrected chi connectivity index (χ3v) is 3.80. The van der Waals surface area contributed by atoms with E-state index in [0.717, 1.165) is 38.4 Å². The highest BCUT2D eigenvalue weighted by Crippen LogP contribution is 2.35. The van der Waals surface area contributed by atoms with E-state index >= 15 is 0 Å². The van der Waals surface area contributed by atoms with Gasteiger partial charge in [-0.2, -0.15) is 0 Å². The van der Waals surface area contributed by atoms with Gasteiger partial charge in [0.2, 0.25) is 0 Å². The summed E-state index contributed by atoms with van der Waals surface area (Å²) < 4.78 is 0. The third-order valence-electron chi connectivity index (χ3n) is 3.80. The highest BCUT2D eigenvalue weighted by Gasteiger charge is 2.26. The number of piperazine rings is 1. The fraction of sp³-hybridized carbons (Fsp3) is 0.600. The second-order valence-corrected chi connectivity index (χ2v) is 5.86. The summed E-state index contributed by atoms with van der Waals surface area (Å²) in [5.41, 5.74) is 1.47. The molecule has 1 saturated heterocycles. The van der Waals surface area contributed by atoms with Crippen LogP contribution in [0.4, 0.5) is 17.1 Å². The van der Waals surface area contributed by atoms with Crippen molar-refractivity contribution in [1.29, 1.82) is 0 Å². The minimum Gasteiger partial charge on any atom is -0.382 e. The standard InChI is InChI=1S/C15H24N4O2/c1-12(2)11-17-7-9-18(10-8-17)14-6-4-5-13(16-3)15(14)19(20)21/h4-6,12,16H,7-11H2,1-3H3. The molecule has 0 unspecified atom stereocenters. The van der Waals surface area contributed by atoms with Gasteiger partial charge >= 0.3 is 5.69 Å². The van der Waals surface area contributed by atoms with Crippen LogP contribution < -0.4 is 10.2 Å². The van der Waals surface area contributed by atoms with Gasteiger partial charge in [-0.15, -0.1) is 0 Å². The molecular weight excluding hydrogens is 268 g/mol. The molecule has 0 aromatic heterocycles. The first-order valence-electron chi connectivity index (χ1n) is 7.45. The van der Waals surface area contributed by atoms with Crippen LogP contribution >= 0.6 is 0 Å². The Morgan fingerprint density at radius 2 is 1.95 bits per heavy atom. The van der Waals surface area contributed by atoms with Crippen molar-refractivity contribution in [2.45, 2.75) is 13.8 Å². The Kier molecular flexibility index (Phi) is 5.01. The summed E-state index contributed by atoms with van der Waals surface area (Å²) in [4.78, 5) is 15.6. The Balaban J connectivity index is 2.15. The van der Waals surface area contributed by atoms with Gasteiger partial charge < -0.3 is 10.2 Å². The van der Waals surface area contributed by atoms with Crippen molar-refractivity contribution in [2.24, 2.45) is 5.92 Å². The van der Waals surface area contributed by atoms with Crippen LogP contribution in [0.15, 0.2) is 18.2 Å². The predicted octanol–water partition coefficient (Wildman–Crippen LogP) is 2.41. The number of nitro groups is 1. The third kappa shape index (κ3) is 3.64. The first-order chi connectivity index (χ1) is 10.0. The van der Waals surface area contributed by atoms with Gasteiger partial charge in [0.25, 0.3) is 0 Å². The van der Waals surface area contributed by atoms with Crippen LogP contribution in [0.3, 0.4) is 0 Å². The second-order valence-electron chi connectivity index (χ2n) is 5.86. The van der Waals surface area contributed by atoms with Crippen LogP contribution in [0, 0.1) is 16.0 Å². The summed E-state index contributed by atoms with van der Waals surface area (Å²) >= 11 is 0. The smallest absolute Gasteiger partial charge is 0.315 e. The molecule has 0 radical (unpaired) electrons. The van der Waals surface area contributed by atoms with E-state index in [1.807, 2.05) is 12.1 Å². The zero-order chi connectivity index (χ0) is 15.4. The lowest BCUT2D eigenvalue weighted by molar-refractivity contribution is -0.383. The molecule has 116 valence electrons. The van der Waals surface area contributed by atoms with Crippen LogP contribution in [0.5, 0.6) is 0 Å². The Bertz CT molecular complexity index is 496. The Labute approximate surface area is 125 Å². The SMILES string of the molecule is CNc1cccc(N2CCN(CC(C)C)CC2)c1[N+](=O)[O-]. The van der Waals surface area contributed by atoms with Crippen LogP contribution in [-0.4, -0.2) is 49.6 Å². The number of hydrogen-bond acceptors (Lipinski definition) is 5. The van der Waals surface area contributed by atoms with Gasteiger partial charge in [-0.05, 0) is 18.1 Å². The topological polar surface area (TPSA) is 61.6 Å². The van der Waals surface area contributed by atoms with Crippen molar-refractivity contribution < 1.29 is 4.92 Å². The summed E-state index contributed by atoms with van der Waals surface area (Å²) in [6, 6.07) is 5.46. The molecule has 1 aromatic carbocycles. The average Bonchev–Trinajstić information content (AvgIpc) is 2.46. The zero-order valence-electron chi connectivity index (χ0n) is 13.0. The maximum absolute atomic E-state index is 11.4. The van der Waals surface area contributed by atoms with E-state index < -0.39 is 0 Å². The van der Waals surface area contributed by atoms with E-state index in [4.69, 9.17) is 0 Å². The summed E-state index contributed by atoms with van der Waals surface area (Å²) in [7, 11) is 1.71. The summed E-state index contributed by atoms with van der Waals surface area (Å²) in [5.74, 6) is 0.651. The summed E-state index contributed by atoms with van der Waals surface area (Å²) in [5, 5.41) is 14.3. The number of anilines is 2. The van der Waals surface area contributed by atoms with E-state index in [1.54, 1.807) is 13.1 Å². The first kappa shape index (κ1) is 15.6. The van der Waals surface area contributed by atoms with Gasteiger partial charge in [-0.3, -0.25) is 15.0 Å². The number of hydrogen-bond donors (Lipinski definition) is 1. The Morgan fingerprint density at radius 1 is 1.29 bits per heavy atom. The summed E-state index contributed by atoms with van der Waals surface area (Å²) in [6.45, 7) is 9.10. The molecule has 1 aromatic rings. The minimum atomic E-state index is -0.290. The van der Waals surface area contributed by atoms with Gasteiger partial charge in [-0.1, -0.05) is 19.9 Å². The number of nitrogens with zero attached hydrogens (tertiary/aromatic N) is 3. The molecule has 2 rings (SSSR count). The van der Waals surface area contributed by atoms with Crippen molar-refractivity contribution in [2.75, 3.05) is 50.0 Å². The first-order valence-corrected chi connectivity index (χ1v) is 7.45. The summed E-state index contributed by atoms with van der Waals surface area (Å²) in [6.07, 6.45) is 0. The monoisotopic (exact) mass is 292 g/mol. The quantitative estimate of drug-likeness (QED) is 0.667. The molecule has 0 aliphatic carbocycles. The molecular formula is C15H24N4O2. The molecule has 1 aliphatic heterocycles. The van der Waals surface area contributed by atoms with Crippen molar-refractivity contribution in [3.05, 3.63) is 28.3 Å². The second kappa shape index (κ2) is 6.76. The lowest BCUT2D eigenvalue weighted by atomic mass is 10.1. The molecule has 0 amide bonds. The number of nitrogens with one attached hydrogen (secondary N) is 1. The van der Waals surface area contributed by atoms with E-state index in [2.05, 4.69) is 29.0 Å². The molecule has 0 bridgehead atoms. The van der Waals surface area contributed by atoms with Crippen molar-refractivity contribution in [1.82, 2.24) is 4.90 Å². The maximum Gasteiger partial charge on any atom is 0.315 e. The predicted molar refractivity (Wildman–Crippen MR) is 86.1 cm³/mol. The molecule has 6 nitrogen and oxygen atoms in total. The highest BCUT2D eigenvalue weighted by atomic mass is 16.6. The largest absolute Gasteiger partial charge is 0.382 e. The molecule has 0 atom stereocenters. The van der Waals surface area contributed by atoms with Crippen LogP contribution in [0.25, 0.3) is 0 Å². The van der Waals surface area contributed by atoms with Crippen molar-refractivity contribution in [3.8, 4) is 0 Å². The highest BCUT2D eigenvalue weighted by molar-refractivity contribution is 5.77. The molecule has 21 heavy (non-hydrogen) atoms. The van der Waals surface area contributed by atoms with Crippen LogP contribution in [0.2, 0.25) is 0 Å².